The molecule has 4 heteroatoms. The molecule has 0 N–H and O–H groups in total. The summed E-state index contributed by atoms with van der Waals surface area (Å²) >= 11 is 0. The van der Waals surface area contributed by atoms with Gasteiger partial charge in [0.2, 0.25) is 0 Å². The molecular weight excluding hydrogens is 178 g/mol. The molecule has 1 aliphatic heterocycles. The molecule has 1 amide bonds. The monoisotopic (exact) mass is 189 g/mol. The lowest BCUT2D eigenvalue weighted by molar-refractivity contribution is 0.0769. The van der Waals surface area contributed by atoms with Crippen molar-refractivity contribution in [3.05, 3.63) is 24.3 Å². The lowest BCUT2D eigenvalue weighted by Gasteiger charge is -2.16. The lowest BCUT2D eigenvalue weighted by atomic mass is 10.3. The van der Waals surface area contributed by atoms with Gasteiger partial charge in [-0.25, -0.2) is 4.98 Å². The largest absolute Gasteiger partial charge is 0.337 e. The number of fused-ring (bicyclic) bond motifs is 1. The molecule has 1 aliphatic carbocycles. The summed E-state index contributed by atoms with van der Waals surface area (Å²) in [7, 11) is 0. The Labute approximate surface area is 82.0 Å². The Morgan fingerprint density at radius 3 is 2.79 bits per heavy atom. The Morgan fingerprint density at radius 1 is 1.36 bits per heavy atom. The van der Waals surface area contributed by atoms with E-state index < -0.39 is 0 Å². The van der Waals surface area contributed by atoms with Crippen molar-refractivity contribution in [2.45, 2.75) is 6.42 Å². The van der Waals surface area contributed by atoms with Gasteiger partial charge in [-0.1, -0.05) is 0 Å². The minimum Gasteiger partial charge on any atom is -0.337 e. The third kappa shape index (κ3) is 1.18. The van der Waals surface area contributed by atoms with E-state index in [4.69, 9.17) is 0 Å². The van der Waals surface area contributed by atoms with E-state index in [1.54, 1.807) is 12.4 Å². The van der Waals surface area contributed by atoms with E-state index in [2.05, 4.69) is 9.97 Å². The minimum atomic E-state index is 0.0327. The maximum Gasteiger partial charge on any atom is 0.274 e. The number of aromatic nitrogens is 2. The molecule has 1 saturated carbocycles. The topological polar surface area (TPSA) is 46.1 Å². The summed E-state index contributed by atoms with van der Waals surface area (Å²) < 4.78 is 0. The van der Waals surface area contributed by atoms with Gasteiger partial charge < -0.3 is 4.90 Å². The fourth-order valence-electron chi connectivity index (χ4n) is 2.14. The predicted octanol–water partition coefficient (Wildman–Crippen LogP) is 0.568. The average molecular weight is 189 g/mol. The van der Waals surface area contributed by atoms with Crippen LogP contribution in [0, 0.1) is 11.8 Å². The summed E-state index contributed by atoms with van der Waals surface area (Å²) in [5.41, 5.74) is 0.466. The summed E-state index contributed by atoms with van der Waals surface area (Å²) in [5, 5.41) is 0. The van der Waals surface area contributed by atoms with Gasteiger partial charge in [0.25, 0.3) is 5.91 Å². The number of hydrogen-bond donors (Lipinski definition) is 0. The first-order valence-electron chi connectivity index (χ1n) is 4.90. The highest BCUT2D eigenvalue weighted by molar-refractivity contribution is 5.92. The second-order valence-electron chi connectivity index (χ2n) is 4.06. The third-order valence-electron chi connectivity index (χ3n) is 3.05. The average Bonchev–Trinajstić information content (AvgIpc) is 2.86. The van der Waals surface area contributed by atoms with Gasteiger partial charge in [-0.2, -0.15) is 0 Å². The predicted molar refractivity (Wildman–Crippen MR) is 49.5 cm³/mol. The Hall–Kier alpha value is -1.45. The highest BCUT2D eigenvalue weighted by atomic mass is 16.2. The standard InChI is InChI=1S/C10H11N3O/c14-10(9-4-11-1-2-12-9)13-5-7-3-8(7)6-13/h1-2,4,7-8H,3,5-6H2. The first kappa shape index (κ1) is 7.91. The zero-order valence-corrected chi connectivity index (χ0v) is 7.76. The van der Waals surface area contributed by atoms with E-state index in [0.29, 0.717) is 5.69 Å². The lowest BCUT2D eigenvalue weighted by Crippen LogP contribution is -2.30. The van der Waals surface area contributed by atoms with E-state index in [1.165, 1.54) is 12.6 Å². The van der Waals surface area contributed by atoms with Gasteiger partial charge in [0, 0.05) is 25.5 Å². The summed E-state index contributed by atoms with van der Waals surface area (Å²) in [6.07, 6.45) is 5.98. The van der Waals surface area contributed by atoms with E-state index in [-0.39, 0.29) is 5.91 Å². The number of likely N-dealkylation sites (tertiary alicyclic amines) is 1. The van der Waals surface area contributed by atoms with Crippen LogP contribution in [0.3, 0.4) is 0 Å². The van der Waals surface area contributed by atoms with Crippen molar-refractivity contribution < 1.29 is 4.79 Å². The smallest absolute Gasteiger partial charge is 0.274 e. The molecule has 4 nitrogen and oxygen atoms in total. The quantitative estimate of drug-likeness (QED) is 0.648. The normalized spacial score (nSPS) is 28.7. The molecule has 1 aromatic heterocycles. The second-order valence-corrected chi connectivity index (χ2v) is 4.06. The highest BCUT2D eigenvalue weighted by Gasteiger charge is 2.46. The number of carbonyl (C=O) groups is 1. The van der Waals surface area contributed by atoms with Gasteiger partial charge in [-0.15, -0.1) is 0 Å². The molecule has 3 rings (SSSR count). The van der Waals surface area contributed by atoms with Crippen LogP contribution in [0.15, 0.2) is 18.6 Å². The number of hydrogen-bond acceptors (Lipinski definition) is 3. The number of carbonyl (C=O) groups excluding carboxylic acids is 1. The fourth-order valence-corrected chi connectivity index (χ4v) is 2.14. The molecule has 72 valence electrons. The molecule has 2 atom stereocenters. The van der Waals surface area contributed by atoms with Crippen LogP contribution in [0.2, 0.25) is 0 Å². The molecule has 0 radical (unpaired) electrons. The maximum atomic E-state index is 11.8. The molecule has 1 saturated heterocycles. The number of piperidine rings is 1. The van der Waals surface area contributed by atoms with Gasteiger partial charge in [-0.05, 0) is 18.3 Å². The van der Waals surface area contributed by atoms with Crippen LogP contribution < -0.4 is 0 Å². The Morgan fingerprint density at radius 2 is 2.14 bits per heavy atom. The molecule has 2 fully saturated rings. The van der Waals surface area contributed by atoms with Crippen molar-refractivity contribution in [3.8, 4) is 0 Å². The van der Waals surface area contributed by atoms with Crippen LogP contribution in [-0.2, 0) is 0 Å². The minimum absolute atomic E-state index is 0.0327. The molecule has 0 spiro atoms. The van der Waals surface area contributed by atoms with Gasteiger partial charge >= 0.3 is 0 Å². The summed E-state index contributed by atoms with van der Waals surface area (Å²) in [5.74, 6) is 1.58. The van der Waals surface area contributed by atoms with Crippen LogP contribution >= 0.6 is 0 Å². The van der Waals surface area contributed by atoms with Crippen molar-refractivity contribution in [2.75, 3.05) is 13.1 Å². The van der Waals surface area contributed by atoms with E-state index in [0.717, 1.165) is 24.9 Å². The van der Waals surface area contributed by atoms with Crippen molar-refractivity contribution >= 4 is 5.91 Å². The summed E-state index contributed by atoms with van der Waals surface area (Å²) in [6.45, 7) is 1.83. The zero-order chi connectivity index (χ0) is 9.54. The van der Waals surface area contributed by atoms with E-state index >= 15 is 0 Å². The van der Waals surface area contributed by atoms with Crippen LogP contribution in [-0.4, -0.2) is 33.9 Å². The van der Waals surface area contributed by atoms with Gasteiger partial charge in [0.1, 0.15) is 5.69 Å². The van der Waals surface area contributed by atoms with Gasteiger partial charge in [0.15, 0.2) is 0 Å². The first-order valence-corrected chi connectivity index (χ1v) is 4.90. The molecule has 0 bridgehead atoms. The number of amides is 1. The van der Waals surface area contributed by atoms with Crippen molar-refractivity contribution in [3.63, 3.8) is 0 Å². The molecule has 2 aliphatic rings. The second kappa shape index (κ2) is 2.77. The van der Waals surface area contributed by atoms with Crippen LogP contribution in [0.4, 0.5) is 0 Å². The van der Waals surface area contributed by atoms with E-state index in [9.17, 15) is 4.79 Å². The molecule has 2 unspecified atom stereocenters. The van der Waals surface area contributed by atoms with Gasteiger partial charge in [0.05, 0.1) is 6.20 Å². The SMILES string of the molecule is O=C(c1cnccn1)N1CC2CC2C1. The Balaban J connectivity index is 1.77. The maximum absolute atomic E-state index is 11.8. The summed E-state index contributed by atoms with van der Waals surface area (Å²) in [4.78, 5) is 21.6. The molecule has 1 aromatic rings. The zero-order valence-electron chi connectivity index (χ0n) is 7.76. The van der Waals surface area contributed by atoms with Crippen molar-refractivity contribution in [1.29, 1.82) is 0 Å². The van der Waals surface area contributed by atoms with Crippen LogP contribution in [0.5, 0.6) is 0 Å². The number of nitrogens with zero attached hydrogens (tertiary/aromatic N) is 3. The Kier molecular flexibility index (Phi) is 1.56. The van der Waals surface area contributed by atoms with E-state index in [1.807, 2.05) is 4.90 Å². The molecule has 14 heavy (non-hydrogen) atoms. The highest BCUT2D eigenvalue weighted by Crippen LogP contribution is 2.45. The van der Waals surface area contributed by atoms with Gasteiger partial charge in [-0.3, -0.25) is 9.78 Å². The molecule has 2 heterocycles. The van der Waals surface area contributed by atoms with Crippen molar-refractivity contribution in [1.82, 2.24) is 14.9 Å². The van der Waals surface area contributed by atoms with Crippen molar-refractivity contribution in [2.24, 2.45) is 11.8 Å². The summed E-state index contributed by atoms with van der Waals surface area (Å²) in [6, 6.07) is 0. The fraction of sp³-hybridized carbons (Fsp3) is 0.500. The third-order valence-corrected chi connectivity index (χ3v) is 3.05. The van der Waals surface area contributed by atoms with Crippen LogP contribution in [0.1, 0.15) is 16.9 Å². The molecule has 0 aromatic carbocycles. The first-order chi connectivity index (χ1) is 6.84. The van der Waals surface area contributed by atoms with Crippen LogP contribution in [0.25, 0.3) is 0 Å². The molecular formula is C10H11N3O. The Bertz CT molecular complexity index is 355. The number of rotatable bonds is 1.